The number of phenolic OH excluding ortho intramolecular Hbond substituents is 1. The van der Waals surface area contributed by atoms with Crippen LogP contribution in [0.1, 0.15) is 24.0 Å². The molecule has 1 aliphatic heterocycles. The number of phenols is 1. The molecule has 1 fully saturated rings. The first-order valence-electron chi connectivity index (χ1n) is 5.93. The Bertz CT molecular complexity index is 438. The molecule has 1 aromatic carbocycles. The normalized spacial score (nSPS) is 21.0. The fourth-order valence-corrected chi connectivity index (χ4v) is 2.54. The van der Waals surface area contributed by atoms with Crippen LogP contribution in [0.5, 0.6) is 5.75 Å². The second-order valence-corrected chi connectivity index (χ2v) is 5.28. The zero-order chi connectivity index (χ0) is 11.3. The molecule has 3 heteroatoms. The Morgan fingerprint density at radius 1 is 1.44 bits per heavy atom. The van der Waals surface area contributed by atoms with E-state index in [9.17, 15) is 5.11 Å². The molecule has 0 spiro atoms. The van der Waals surface area contributed by atoms with E-state index in [1.165, 1.54) is 5.69 Å². The molecule has 0 aromatic heterocycles. The summed E-state index contributed by atoms with van der Waals surface area (Å²) in [7, 11) is 2.07. The summed E-state index contributed by atoms with van der Waals surface area (Å²) < 4.78 is 0. The van der Waals surface area contributed by atoms with Crippen LogP contribution in [0.2, 0.25) is 0 Å². The van der Waals surface area contributed by atoms with Crippen LogP contribution in [0, 0.1) is 0 Å². The van der Waals surface area contributed by atoms with E-state index in [4.69, 9.17) is 5.73 Å². The van der Waals surface area contributed by atoms with Crippen molar-refractivity contribution in [3.63, 3.8) is 0 Å². The highest BCUT2D eigenvalue weighted by atomic mass is 16.3. The van der Waals surface area contributed by atoms with Crippen molar-refractivity contribution in [1.29, 1.82) is 0 Å². The summed E-state index contributed by atoms with van der Waals surface area (Å²) >= 11 is 0. The van der Waals surface area contributed by atoms with Crippen LogP contribution in [0.4, 0.5) is 5.69 Å². The van der Waals surface area contributed by atoms with E-state index in [0.29, 0.717) is 5.75 Å². The Balaban J connectivity index is 1.96. The second-order valence-electron chi connectivity index (χ2n) is 5.28. The van der Waals surface area contributed by atoms with Gasteiger partial charge in [-0.25, -0.2) is 0 Å². The molecule has 86 valence electrons. The van der Waals surface area contributed by atoms with Gasteiger partial charge in [-0.2, -0.15) is 0 Å². The Hall–Kier alpha value is -1.22. The summed E-state index contributed by atoms with van der Waals surface area (Å²) in [6.45, 7) is 1.00. The minimum absolute atomic E-state index is 0.0315. The van der Waals surface area contributed by atoms with Crippen molar-refractivity contribution >= 4 is 5.69 Å². The standard InChI is InChI=1S/C13H18N2O/c1-15-7-4-10-11(15)3-2-9(12(10)16)8-13(14)5-6-13/h2-3,16H,4-8,14H2,1H3. The Morgan fingerprint density at radius 3 is 2.88 bits per heavy atom. The Labute approximate surface area is 95.9 Å². The lowest BCUT2D eigenvalue weighted by atomic mass is 9.99. The van der Waals surface area contributed by atoms with Gasteiger partial charge in [0.2, 0.25) is 0 Å². The van der Waals surface area contributed by atoms with Gasteiger partial charge in [0.05, 0.1) is 0 Å². The number of benzene rings is 1. The van der Waals surface area contributed by atoms with E-state index in [1.54, 1.807) is 0 Å². The van der Waals surface area contributed by atoms with Gasteiger partial charge in [0.15, 0.2) is 0 Å². The summed E-state index contributed by atoms with van der Waals surface area (Å²) in [5.41, 5.74) is 9.36. The van der Waals surface area contributed by atoms with Gasteiger partial charge in [0.1, 0.15) is 5.75 Å². The van der Waals surface area contributed by atoms with Crippen molar-refractivity contribution in [3.05, 3.63) is 23.3 Å². The van der Waals surface area contributed by atoms with Gasteiger partial charge in [0.25, 0.3) is 0 Å². The Morgan fingerprint density at radius 2 is 2.19 bits per heavy atom. The minimum atomic E-state index is -0.0315. The highest BCUT2D eigenvalue weighted by Crippen LogP contribution is 2.41. The molecule has 3 N–H and O–H groups in total. The maximum absolute atomic E-state index is 10.2. The first kappa shape index (κ1) is 9.97. The summed E-state index contributed by atoms with van der Waals surface area (Å²) in [6, 6.07) is 4.14. The van der Waals surface area contributed by atoms with Crippen molar-refractivity contribution in [2.45, 2.75) is 31.2 Å². The second kappa shape index (κ2) is 3.14. The molecule has 16 heavy (non-hydrogen) atoms. The third-order valence-corrected chi connectivity index (χ3v) is 3.88. The smallest absolute Gasteiger partial charge is 0.124 e. The topological polar surface area (TPSA) is 49.5 Å². The first-order valence-corrected chi connectivity index (χ1v) is 5.93. The van der Waals surface area contributed by atoms with Crippen molar-refractivity contribution < 1.29 is 5.11 Å². The van der Waals surface area contributed by atoms with Crippen LogP contribution >= 0.6 is 0 Å². The van der Waals surface area contributed by atoms with Crippen LogP contribution in [-0.2, 0) is 12.8 Å². The van der Waals surface area contributed by atoms with E-state index in [1.807, 2.05) is 6.07 Å². The predicted octanol–water partition coefficient (Wildman–Crippen LogP) is 1.42. The average Bonchev–Trinajstić information content (AvgIpc) is 2.84. The van der Waals surface area contributed by atoms with E-state index in [2.05, 4.69) is 18.0 Å². The molecule has 1 heterocycles. The molecule has 2 aliphatic rings. The van der Waals surface area contributed by atoms with E-state index in [0.717, 1.165) is 43.4 Å². The molecule has 0 saturated heterocycles. The molecule has 0 radical (unpaired) electrons. The third kappa shape index (κ3) is 1.47. The zero-order valence-electron chi connectivity index (χ0n) is 9.66. The third-order valence-electron chi connectivity index (χ3n) is 3.88. The number of fused-ring (bicyclic) bond motifs is 1. The molecular formula is C13H18N2O. The molecule has 1 saturated carbocycles. The molecule has 3 nitrogen and oxygen atoms in total. The van der Waals surface area contributed by atoms with Gasteiger partial charge in [-0.05, 0) is 37.3 Å². The molecular weight excluding hydrogens is 200 g/mol. The van der Waals surface area contributed by atoms with Crippen LogP contribution in [0.15, 0.2) is 12.1 Å². The minimum Gasteiger partial charge on any atom is -0.507 e. The van der Waals surface area contributed by atoms with Gasteiger partial charge < -0.3 is 15.7 Å². The first-order chi connectivity index (χ1) is 7.59. The number of hydrogen-bond acceptors (Lipinski definition) is 3. The molecule has 0 bridgehead atoms. The van der Waals surface area contributed by atoms with Crippen molar-refractivity contribution in [1.82, 2.24) is 0 Å². The maximum Gasteiger partial charge on any atom is 0.124 e. The molecule has 0 atom stereocenters. The molecule has 1 aromatic rings. The van der Waals surface area contributed by atoms with Gasteiger partial charge in [0, 0.05) is 30.4 Å². The largest absolute Gasteiger partial charge is 0.507 e. The molecule has 0 unspecified atom stereocenters. The monoisotopic (exact) mass is 218 g/mol. The summed E-state index contributed by atoms with van der Waals surface area (Å²) in [5.74, 6) is 0.485. The fraction of sp³-hybridized carbons (Fsp3) is 0.538. The van der Waals surface area contributed by atoms with Crippen LogP contribution < -0.4 is 10.6 Å². The van der Waals surface area contributed by atoms with Gasteiger partial charge in [-0.3, -0.25) is 0 Å². The molecule has 3 rings (SSSR count). The van der Waals surface area contributed by atoms with Crippen LogP contribution in [0.3, 0.4) is 0 Å². The zero-order valence-corrected chi connectivity index (χ0v) is 9.66. The number of rotatable bonds is 2. The number of nitrogens with two attached hydrogens (primary N) is 1. The van der Waals surface area contributed by atoms with Gasteiger partial charge >= 0.3 is 0 Å². The SMILES string of the molecule is CN1CCc2c1ccc(CC1(N)CC1)c2O. The highest BCUT2D eigenvalue weighted by molar-refractivity contribution is 5.64. The maximum atomic E-state index is 10.2. The number of hydrogen-bond donors (Lipinski definition) is 2. The van der Waals surface area contributed by atoms with E-state index >= 15 is 0 Å². The number of nitrogens with zero attached hydrogens (tertiary/aromatic N) is 1. The van der Waals surface area contributed by atoms with Crippen LogP contribution in [0.25, 0.3) is 0 Å². The predicted molar refractivity (Wildman–Crippen MR) is 64.9 cm³/mol. The van der Waals surface area contributed by atoms with Crippen molar-refractivity contribution in [3.8, 4) is 5.75 Å². The van der Waals surface area contributed by atoms with E-state index < -0.39 is 0 Å². The van der Waals surface area contributed by atoms with Crippen LogP contribution in [-0.4, -0.2) is 24.2 Å². The lowest BCUT2D eigenvalue weighted by Crippen LogP contribution is -2.24. The summed E-state index contributed by atoms with van der Waals surface area (Å²) in [5, 5.41) is 10.2. The van der Waals surface area contributed by atoms with Crippen molar-refractivity contribution in [2.24, 2.45) is 5.73 Å². The van der Waals surface area contributed by atoms with Crippen molar-refractivity contribution in [2.75, 3.05) is 18.5 Å². The van der Waals surface area contributed by atoms with Gasteiger partial charge in [-0.15, -0.1) is 0 Å². The Kier molecular flexibility index (Phi) is 1.96. The lowest BCUT2D eigenvalue weighted by molar-refractivity contribution is 0.458. The number of anilines is 1. The summed E-state index contributed by atoms with van der Waals surface area (Å²) in [6.07, 6.45) is 3.94. The molecule has 0 amide bonds. The van der Waals surface area contributed by atoms with Gasteiger partial charge in [-0.1, -0.05) is 6.07 Å². The lowest BCUT2D eigenvalue weighted by Gasteiger charge is -2.15. The number of likely N-dealkylation sites (N-methyl/N-ethyl adjacent to an activating group) is 1. The quantitative estimate of drug-likeness (QED) is 0.789. The number of aromatic hydroxyl groups is 1. The summed E-state index contributed by atoms with van der Waals surface area (Å²) in [4.78, 5) is 2.19. The fourth-order valence-electron chi connectivity index (χ4n) is 2.54. The highest BCUT2D eigenvalue weighted by Gasteiger charge is 2.39. The molecule has 1 aliphatic carbocycles. The van der Waals surface area contributed by atoms with E-state index in [-0.39, 0.29) is 5.54 Å². The average molecular weight is 218 g/mol.